The van der Waals surface area contributed by atoms with Crippen molar-refractivity contribution in [2.75, 3.05) is 30.0 Å². The van der Waals surface area contributed by atoms with Crippen molar-refractivity contribution in [3.05, 3.63) is 29.8 Å². The van der Waals surface area contributed by atoms with Crippen LogP contribution in [0.5, 0.6) is 0 Å². The number of anilines is 1. The highest BCUT2D eigenvalue weighted by molar-refractivity contribution is 7.99. The predicted molar refractivity (Wildman–Crippen MR) is 72.0 cm³/mol. The monoisotopic (exact) mass is 234 g/mol. The third-order valence-corrected chi connectivity index (χ3v) is 3.39. The Balaban J connectivity index is 2.46. The third kappa shape index (κ3) is 4.16. The van der Waals surface area contributed by atoms with Gasteiger partial charge in [0, 0.05) is 19.3 Å². The first-order valence-corrected chi connectivity index (χ1v) is 6.72. The lowest BCUT2D eigenvalue weighted by atomic mass is 10.2. The van der Waals surface area contributed by atoms with Crippen molar-refractivity contribution in [2.45, 2.75) is 13.3 Å². The minimum atomic E-state index is 0.729. The van der Waals surface area contributed by atoms with Gasteiger partial charge in [-0.15, -0.1) is 0 Å². The Morgan fingerprint density at radius 2 is 2.25 bits per heavy atom. The van der Waals surface area contributed by atoms with Crippen molar-refractivity contribution in [1.29, 1.82) is 5.26 Å². The number of benzene rings is 1. The van der Waals surface area contributed by atoms with E-state index in [1.807, 2.05) is 36.0 Å². The van der Waals surface area contributed by atoms with E-state index in [1.165, 1.54) is 17.9 Å². The van der Waals surface area contributed by atoms with E-state index in [2.05, 4.69) is 24.9 Å². The van der Waals surface area contributed by atoms with Gasteiger partial charge in [-0.2, -0.15) is 17.0 Å². The predicted octanol–water partition coefficient (Wildman–Crippen LogP) is 3.14. The zero-order valence-electron chi connectivity index (χ0n) is 9.94. The molecule has 0 bridgehead atoms. The topological polar surface area (TPSA) is 27.0 Å². The van der Waals surface area contributed by atoms with Gasteiger partial charge in [0.1, 0.15) is 0 Å². The molecule has 86 valence electrons. The Bertz CT molecular complexity index is 357. The quantitative estimate of drug-likeness (QED) is 0.708. The standard InChI is InChI=1S/C13H18N2S/c1-3-16-9-5-8-15(2)13-7-4-6-12(10-13)11-14/h4,6-7,10H,3,5,8-9H2,1-2H3. The maximum atomic E-state index is 8.82. The highest BCUT2D eigenvalue weighted by atomic mass is 32.2. The molecule has 0 aliphatic carbocycles. The summed E-state index contributed by atoms with van der Waals surface area (Å²) < 4.78 is 0. The molecule has 0 aliphatic heterocycles. The average Bonchev–Trinajstić information content (AvgIpc) is 2.34. The van der Waals surface area contributed by atoms with Gasteiger partial charge in [0.15, 0.2) is 0 Å². The summed E-state index contributed by atoms with van der Waals surface area (Å²) in [6.07, 6.45) is 1.19. The summed E-state index contributed by atoms with van der Waals surface area (Å²) in [5.74, 6) is 2.40. The number of nitriles is 1. The van der Waals surface area contributed by atoms with E-state index < -0.39 is 0 Å². The summed E-state index contributed by atoms with van der Waals surface area (Å²) in [6.45, 7) is 3.23. The summed E-state index contributed by atoms with van der Waals surface area (Å²) >= 11 is 1.97. The second-order valence-electron chi connectivity index (χ2n) is 3.63. The minimum absolute atomic E-state index is 0.729. The number of rotatable bonds is 6. The first kappa shape index (κ1) is 12.9. The summed E-state index contributed by atoms with van der Waals surface area (Å²) in [5.41, 5.74) is 1.85. The molecule has 0 aromatic heterocycles. The van der Waals surface area contributed by atoms with E-state index in [4.69, 9.17) is 5.26 Å². The van der Waals surface area contributed by atoms with Crippen molar-refractivity contribution >= 4 is 17.4 Å². The highest BCUT2D eigenvalue weighted by Gasteiger charge is 2.01. The van der Waals surface area contributed by atoms with Gasteiger partial charge in [-0.3, -0.25) is 0 Å². The minimum Gasteiger partial charge on any atom is -0.375 e. The Kier molecular flexibility index (Phi) is 5.81. The fraction of sp³-hybridized carbons (Fsp3) is 0.462. The molecule has 1 aromatic carbocycles. The number of hydrogen-bond acceptors (Lipinski definition) is 3. The molecule has 16 heavy (non-hydrogen) atoms. The fourth-order valence-corrected chi connectivity index (χ4v) is 2.11. The lowest BCUT2D eigenvalue weighted by Gasteiger charge is -2.19. The van der Waals surface area contributed by atoms with E-state index in [-0.39, 0.29) is 0 Å². The van der Waals surface area contributed by atoms with E-state index >= 15 is 0 Å². The van der Waals surface area contributed by atoms with Gasteiger partial charge in [-0.1, -0.05) is 13.0 Å². The van der Waals surface area contributed by atoms with Crippen LogP contribution in [0.3, 0.4) is 0 Å². The zero-order valence-corrected chi connectivity index (χ0v) is 10.8. The smallest absolute Gasteiger partial charge is 0.0992 e. The molecule has 0 spiro atoms. The van der Waals surface area contributed by atoms with E-state index in [9.17, 15) is 0 Å². The molecule has 2 nitrogen and oxygen atoms in total. The lowest BCUT2D eigenvalue weighted by Crippen LogP contribution is -2.19. The second kappa shape index (κ2) is 7.19. The van der Waals surface area contributed by atoms with Crippen LogP contribution in [0.1, 0.15) is 18.9 Å². The maximum absolute atomic E-state index is 8.82. The van der Waals surface area contributed by atoms with Crippen LogP contribution in [0.2, 0.25) is 0 Å². The summed E-state index contributed by atoms with van der Waals surface area (Å²) in [6, 6.07) is 9.93. The van der Waals surface area contributed by atoms with Crippen LogP contribution in [0, 0.1) is 11.3 Å². The molecular formula is C13H18N2S. The van der Waals surface area contributed by atoms with Crippen LogP contribution < -0.4 is 4.90 Å². The molecule has 0 atom stereocenters. The molecule has 0 N–H and O–H groups in total. The van der Waals surface area contributed by atoms with Crippen molar-refractivity contribution < 1.29 is 0 Å². The molecule has 0 saturated carbocycles. The molecular weight excluding hydrogens is 216 g/mol. The Morgan fingerprint density at radius 1 is 1.44 bits per heavy atom. The third-order valence-electron chi connectivity index (χ3n) is 2.40. The Hall–Kier alpha value is -1.14. The van der Waals surface area contributed by atoms with Gasteiger partial charge in [0.05, 0.1) is 11.6 Å². The zero-order chi connectivity index (χ0) is 11.8. The van der Waals surface area contributed by atoms with Gasteiger partial charge < -0.3 is 4.90 Å². The second-order valence-corrected chi connectivity index (χ2v) is 5.03. The molecule has 0 aliphatic rings. The molecule has 0 amide bonds. The SMILES string of the molecule is CCSCCCN(C)c1cccc(C#N)c1. The highest BCUT2D eigenvalue weighted by Crippen LogP contribution is 2.15. The van der Waals surface area contributed by atoms with Crippen LogP contribution in [0.15, 0.2) is 24.3 Å². The Labute approximate surface area is 102 Å². The van der Waals surface area contributed by atoms with Crippen molar-refractivity contribution in [2.24, 2.45) is 0 Å². The van der Waals surface area contributed by atoms with E-state index in [0.717, 1.165) is 17.8 Å². The number of hydrogen-bond donors (Lipinski definition) is 0. The molecule has 1 rings (SSSR count). The number of thioether (sulfide) groups is 1. The summed E-state index contributed by atoms with van der Waals surface area (Å²) in [7, 11) is 2.08. The number of nitrogens with zero attached hydrogens (tertiary/aromatic N) is 2. The normalized spacial score (nSPS) is 9.81. The molecule has 0 heterocycles. The largest absolute Gasteiger partial charge is 0.375 e. The first-order valence-electron chi connectivity index (χ1n) is 5.57. The van der Waals surface area contributed by atoms with E-state index in [1.54, 1.807) is 0 Å². The van der Waals surface area contributed by atoms with Gasteiger partial charge in [-0.25, -0.2) is 0 Å². The van der Waals surface area contributed by atoms with Crippen molar-refractivity contribution in [3.8, 4) is 6.07 Å². The van der Waals surface area contributed by atoms with Crippen LogP contribution in [-0.4, -0.2) is 25.1 Å². The molecule has 0 unspecified atom stereocenters. The van der Waals surface area contributed by atoms with Gasteiger partial charge in [-0.05, 0) is 36.1 Å². The summed E-state index contributed by atoms with van der Waals surface area (Å²) in [4.78, 5) is 2.21. The van der Waals surface area contributed by atoms with Gasteiger partial charge in [0.25, 0.3) is 0 Å². The van der Waals surface area contributed by atoms with Crippen LogP contribution in [-0.2, 0) is 0 Å². The molecule has 1 aromatic rings. The summed E-state index contributed by atoms with van der Waals surface area (Å²) in [5, 5.41) is 8.82. The molecule has 0 radical (unpaired) electrons. The van der Waals surface area contributed by atoms with Crippen molar-refractivity contribution in [1.82, 2.24) is 0 Å². The van der Waals surface area contributed by atoms with Crippen LogP contribution in [0.4, 0.5) is 5.69 Å². The fourth-order valence-electron chi connectivity index (χ4n) is 1.49. The maximum Gasteiger partial charge on any atom is 0.0992 e. The van der Waals surface area contributed by atoms with Crippen molar-refractivity contribution in [3.63, 3.8) is 0 Å². The first-order chi connectivity index (χ1) is 7.77. The molecule has 3 heteroatoms. The Morgan fingerprint density at radius 3 is 2.94 bits per heavy atom. The lowest BCUT2D eigenvalue weighted by molar-refractivity contribution is 0.859. The average molecular weight is 234 g/mol. The van der Waals surface area contributed by atoms with E-state index in [0.29, 0.717) is 0 Å². The van der Waals surface area contributed by atoms with Gasteiger partial charge in [0.2, 0.25) is 0 Å². The molecule has 0 saturated heterocycles. The van der Waals surface area contributed by atoms with Gasteiger partial charge >= 0.3 is 0 Å². The van der Waals surface area contributed by atoms with Crippen LogP contribution in [0.25, 0.3) is 0 Å². The van der Waals surface area contributed by atoms with Crippen LogP contribution >= 0.6 is 11.8 Å². The molecule has 0 fully saturated rings.